The minimum atomic E-state index is -0.346. The first-order valence-electron chi connectivity index (χ1n) is 8.44. The summed E-state index contributed by atoms with van der Waals surface area (Å²) >= 11 is 1.56. The Balaban J connectivity index is 1.43. The van der Waals surface area contributed by atoms with E-state index < -0.39 is 0 Å². The van der Waals surface area contributed by atoms with Crippen molar-refractivity contribution in [2.45, 2.75) is 12.5 Å². The highest BCUT2D eigenvalue weighted by Crippen LogP contribution is 2.38. The molecule has 3 heterocycles. The van der Waals surface area contributed by atoms with Gasteiger partial charge in [-0.3, -0.25) is 14.8 Å². The maximum absolute atomic E-state index is 14.0. The summed E-state index contributed by atoms with van der Waals surface area (Å²) in [5, 5.41) is 4.78. The number of ether oxygens (including phenoxy) is 1. The number of carbonyl (C=O) groups is 1. The Kier molecular flexibility index (Phi) is 4.93. The number of hydrogen-bond acceptors (Lipinski definition) is 5. The fourth-order valence-electron chi connectivity index (χ4n) is 2.95. The van der Waals surface area contributed by atoms with Crippen molar-refractivity contribution in [3.63, 3.8) is 0 Å². The SMILES string of the molecule is O=C(/C=C/c1cccs1)NC[C@@H]1Cc2cc(F)cc(-c3cnccn3)c2O1. The van der Waals surface area contributed by atoms with E-state index in [0.717, 1.165) is 10.4 Å². The first kappa shape index (κ1) is 17.4. The van der Waals surface area contributed by atoms with Crippen molar-refractivity contribution in [1.29, 1.82) is 0 Å². The van der Waals surface area contributed by atoms with Crippen molar-refractivity contribution in [3.05, 3.63) is 70.6 Å². The number of nitrogens with zero attached hydrogens (tertiary/aromatic N) is 2. The average Bonchev–Trinajstić information content (AvgIpc) is 3.34. The van der Waals surface area contributed by atoms with E-state index in [9.17, 15) is 9.18 Å². The van der Waals surface area contributed by atoms with Crippen LogP contribution < -0.4 is 10.1 Å². The van der Waals surface area contributed by atoms with Crippen LogP contribution in [-0.2, 0) is 11.2 Å². The molecule has 7 heteroatoms. The van der Waals surface area contributed by atoms with E-state index in [1.54, 1.807) is 36.0 Å². The van der Waals surface area contributed by atoms with Crippen molar-refractivity contribution in [2.75, 3.05) is 6.54 Å². The lowest BCUT2D eigenvalue weighted by molar-refractivity contribution is -0.116. The van der Waals surface area contributed by atoms with E-state index in [2.05, 4.69) is 15.3 Å². The third-order valence-corrected chi connectivity index (χ3v) is 4.99. The molecule has 0 unspecified atom stereocenters. The molecule has 0 aliphatic carbocycles. The minimum Gasteiger partial charge on any atom is -0.487 e. The van der Waals surface area contributed by atoms with Gasteiger partial charge in [-0.2, -0.15) is 0 Å². The highest BCUT2D eigenvalue weighted by Gasteiger charge is 2.27. The molecule has 0 saturated heterocycles. The van der Waals surface area contributed by atoms with Gasteiger partial charge >= 0.3 is 0 Å². The second kappa shape index (κ2) is 7.67. The lowest BCUT2D eigenvalue weighted by atomic mass is 10.0. The average molecular weight is 381 g/mol. The lowest BCUT2D eigenvalue weighted by Gasteiger charge is -2.12. The molecule has 0 fully saturated rings. The van der Waals surface area contributed by atoms with Crippen LogP contribution in [0.1, 0.15) is 10.4 Å². The zero-order chi connectivity index (χ0) is 18.6. The van der Waals surface area contributed by atoms with Gasteiger partial charge < -0.3 is 10.1 Å². The van der Waals surface area contributed by atoms with Crippen molar-refractivity contribution in [1.82, 2.24) is 15.3 Å². The van der Waals surface area contributed by atoms with Gasteiger partial charge in [-0.1, -0.05) is 6.07 Å². The molecule has 1 atom stereocenters. The Bertz CT molecular complexity index is 974. The number of amides is 1. The molecule has 3 aromatic rings. The molecule has 1 N–H and O–H groups in total. The maximum atomic E-state index is 14.0. The third-order valence-electron chi connectivity index (χ3n) is 4.15. The van der Waals surface area contributed by atoms with Crippen LogP contribution in [0.5, 0.6) is 5.75 Å². The summed E-state index contributed by atoms with van der Waals surface area (Å²) in [7, 11) is 0. The molecule has 2 aromatic heterocycles. The van der Waals surface area contributed by atoms with Crippen LogP contribution in [0.2, 0.25) is 0 Å². The van der Waals surface area contributed by atoms with Crippen molar-refractivity contribution < 1.29 is 13.9 Å². The van der Waals surface area contributed by atoms with Gasteiger partial charge in [0, 0.05) is 40.9 Å². The molecule has 4 rings (SSSR count). The molecule has 5 nitrogen and oxygen atoms in total. The molecule has 0 saturated carbocycles. The molecular formula is C20H16FN3O2S. The molecule has 136 valence electrons. The Labute approximate surface area is 159 Å². The van der Waals surface area contributed by atoms with Crippen LogP contribution in [0.15, 0.2) is 54.3 Å². The Hall–Kier alpha value is -3.06. The zero-order valence-corrected chi connectivity index (χ0v) is 15.1. The molecular weight excluding hydrogens is 365 g/mol. The van der Waals surface area contributed by atoms with Crippen LogP contribution in [0, 0.1) is 5.82 Å². The Morgan fingerprint density at radius 2 is 2.33 bits per heavy atom. The molecule has 1 aromatic carbocycles. The van der Waals surface area contributed by atoms with Crippen molar-refractivity contribution in [3.8, 4) is 17.0 Å². The van der Waals surface area contributed by atoms with E-state index >= 15 is 0 Å². The first-order valence-corrected chi connectivity index (χ1v) is 9.32. The van der Waals surface area contributed by atoms with E-state index in [4.69, 9.17) is 4.74 Å². The molecule has 0 bridgehead atoms. The third kappa shape index (κ3) is 4.03. The number of hydrogen-bond donors (Lipinski definition) is 1. The van der Waals surface area contributed by atoms with Crippen molar-refractivity contribution in [2.24, 2.45) is 0 Å². The highest BCUT2D eigenvalue weighted by atomic mass is 32.1. The van der Waals surface area contributed by atoms with Gasteiger partial charge in [-0.05, 0) is 29.7 Å². The molecule has 1 amide bonds. The topological polar surface area (TPSA) is 64.1 Å². The van der Waals surface area contributed by atoms with Crippen LogP contribution in [0.25, 0.3) is 17.3 Å². The fraction of sp³-hybridized carbons (Fsp3) is 0.150. The van der Waals surface area contributed by atoms with E-state index in [-0.39, 0.29) is 17.8 Å². The summed E-state index contributed by atoms with van der Waals surface area (Å²) in [6.07, 6.45) is 8.23. The minimum absolute atomic E-state index is 0.191. The van der Waals surface area contributed by atoms with Gasteiger partial charge in [0.25, 0.3) is 0 Å². The number of halogens is 1. The number of carbonyl (C=O) groups excluding carboxylic acids is 1. The normalized spacial score (nSPS) is 15.5. The molecule has 0 spiro atoms. The van der Waals surface area contributed by atoms with Gasteiger partial charge in [0.2, 0.25) is 5.91 Å². The summed E-state index contributed by atoms with van der Waals surface area (Å²) in [5.41, 5.74) is 1.89. The van der Waals surface area contributed by atoms with Gasteiger partial charge in [-0.15, -0.1) is 11.3 Å². The number of rotatable bonds is 5. The van der Waals surface area contributed by atoms with Crippen LogP contribution in [0.3, 0.4) is 0 Å². The van der Waals surface area contributed by atoms with Crippen LogP contribution in [0.4, 0.5) is 4.39 Å². The Morgan fingerprint density at radius 3 is 3.11 bits per heavy atom. The quantitative estimate of drug-likeness (QED) is 0.688. The van der Waals surface area contributed by atoms with Crippen LogP contribution >= 0.6 is 11.3 Å². The molecule has 0 radical (unpaired) electrons. The largest absolute Gasteiger partial charge is 0.487 e. The molecule has 1 aliphatic rings. The van der Waals surface area contributed by atoms with Crippen LogP contribution in [-0.4, -0.2) is 28.5 Å². The number of thiophene rings is 1. The molecule has 1 aliphatic heterocycles. The summed E-state index contributed by atoms with van der Waals surface area (Å²) in [6, 6.07) is 6.73. The molecule has 27 heavy (non-hydrogen) atoms. The van der Waals surface area contributed by atoms with Crippen molar-refractivity contribution >= 4 is 23.3 Å². The number of benzene rings is 1. The first-order chi connectivity index (χ1) is 13.2. The Morgan fingerprint density at radius 1 is 1.41 bits per heavy atom. The number of aromatic nitrogens is 2. The summed E-state index contributed by atoms with van der Waals surface area (Å²) in [6.45, 7) is 0.337. The number of nitrogens with one attached hydrogen (secondary N) is 1. The highest BCUT2D eigenvalue weighted by molar-refractivity contribution is 7.10. The fourth-order valence-corrected chi connectivity index (χ4v) is 3.57. The summed E-state index contributed by atoms with van der Waals surface area (Å²) < 4.78 is 20.0. The monoisotopic (exact) mass is 381 g/mol. The smallest absolute Gasteiger partial charge is 0.244 e. The summed E-state index contributed by atoms with van der Waals surface area (Å²) in [4.78, 5) is 21.3. The second-order valence-electron chi connectivity index (χ2n) is 6.07. The zero-order valence-electron chi connectivity index (χ0n) is 14.3. The van der Waals surface area contributed by atoms with E-state index in [1.165, 1.54) is 18.2 Å². The summed E-state index contributed by atoms with van der Waals surface area (Å²) in [5.74, 6) is 0.0649. The lowest BCUT2D eigenvalue weighted by Crippen LogP contribution is -2.33. The maximum Gasteiger partial charge on any atom is 0.244 e. The van der Waals surface area contributed by atoms with E-state index in [1.807, 2.05) is 17.5 Å². The van der Waals surface area contributed by atoms with Gasteiger partial charge in [-0.25, -0.2) is 4.39 Å². The second-order valence-corrected chi connectivity index (χ2v) is 7.05. The van der Waals surface area contributed by atoms with Gasteiger partial charge in [0.05, 0.1) is 18.4 Å². The van der Waals surface area contributed by atoms with E-state index in [0.29, 0.717) is 30.0 Å². The standard InChI is InChI=1S/C20H16FN3O2S/c21-14-8-13-9-15(11-24-19(25)4-3-16-2-1-7-27-16)26-20(13)17(10-14)18-12-22-5-6-23-18/h1-8,10,12,15H,9,11H2,(H,24,25)/b4-3+/t15-/m0/s1. The van der Waals surface area contributed by atoms with Gasteiger partial charge in [0.1, 0.15) is 17.7 Å². The predicted molar refractivity (Wildman–Crippen MR) is 102 cm³/mol. The number of fused-ring (bicyclic) bond motifs is 1. The van der Waals surface area contributed by atoms with Gasteiger partial charge in [0.15, 0.2) is 0 Å². The predicted octanol–water partition coefficient (Wildman–Crippen LogP) is 3.48.